The van der Waals surface area contributed by atoms with Crippen molar-refractivity contribution < 1.29 is 9.52 Å². The zero-order valence-corrected chi connectivity index (χ0v) is 12.2. The standard InChI is InChI=1S/C16H23NO2/c1-15(2,10-17-11-16(3,4)18)13-9-19-14-8-6-5-7-12(13)14/h5-9,17-18H,10-11H2,1-4H3. The maximum absolute atomic E-state index is 9.74. The second-order valence-electron chi connectivity index (χ2n) is 6.45. The van der Waals surface area contributed by atoms with E-state index in [2.05, 4.69) is 25.2 Å². The van der Waals surface area contributed by atoms with E-state index >= 15 is 0 Å². The first-order valence-corrected chi connectivity index (χ1v) is 6.69. The van der Waals surface area contributed by atoms with Crippen LogP contribution in [0, 0.1) is 0 Å². The second-order valence-corrected chi connectivity index (χ2v) is 6.45. The molecule has 0 aliphatic rings. The Kier molecular flexibility index (Phi) is 3.70. The molecule has 2 aromatic rings. The number of fused-ring (bicyclic) bond motifs is 1. The van der Waals surface area contributed by atoms with Crippen LogP contribution in [0.1, 0.15) is 33.3 Å². The van der Waals surface area contributed by atoms with Crippen molar-refractivity contribution in [3.8, 4) is 0 Å². The molecule has 0 bridgehead atoms. The van der Waals surface area contributed by atoms with Crippen molar-refractivity contribution in [1.29, 1.82) is 0 Å². The fourth-order valence-electron chi connectivity index (χ4n) is 2.28. The van der Waals surface area contributed by atoms with E-state index in [4.69, 9.17) is 4.42 Å². The Labute approximate surface area is 114 Å². The predicted octanol–water partition coefficient (Wildman–Crippen LogP) is 3.07. The highest BCUT2D eigenvalue weighted by molar-refractivity contribution is 5.82. The topological polar surface area (TPSA) is 45.4 Å². The minimum atomic E-state index is -0.686. The Morgan fingerprint density at radius 1 is 1.11 bits per heavy atom. The lowest BCUT2D eigenvalue weighted by Gasteiger charge is -2.27. The van der Waals surface area contributed by atoms with Crippen LogP contribution in [0.4, 0.5) is 0 Å². The first kappa shape index (κ1) is 14.1. The van der Waals surface area contributed by atoms with Gasteiger partial charge in [0.1, 0.15) is 5.58 Å². The van der Waals surface area contributed by atoms with Crippen molar-refractivity contribution in [3.63, 3.8) is 0 Å². The maximum Gasteiger partial charge on any atom is 0.134 e. The molecule has 104 valence electrons. The summed E-state index contributed by atoms with van der Waals surface area (Å²) in [6, 6.07) is 8.09. The van der Waals surface area contributed by atoms with E-state index in [-0.39, 0.29) is 5.41 Å². The maximum atomic E-state index is 9.74. The first-order chi connectivity index (χ1) is 8.80. The summed E-state index contributed by atoms with van der Waals surface area (Å²) in [6.07, 6.45) is 1.84. The molecule has 0 radical (unpaired) electrons. The van der Waals surface area contributed by atoms with Crippen molar-refractivity contribution in [2.45, 2.75) is 38.7 Å². The average molecular weight is 261 g/mol. The van der Waals surface area contributed by atoms with E-state index in [1.165, 1.54) is 5.56 Å². The molecule has 1 aromatic carbocycles. The van der Waals surface area contributed by atoms with E-state index in [0.717, 1.165) is 17.5 Å². The summed E-state index contributed by atoms with van der Waals surface area (Å²) in [4.78, 5) is 0. The van der Waals surface area contributed by atoms with Gasteiger partial charge >= 0.3 is 0 Å². The van der Waals surface area contributed by atoms with Gasteiger partial charge in [-0.1, -0.05) is 32.0 Å². The van der Waals surface area contributed by atoms with Crippen molar-refractivity contribution in [2.75, 3.05) is 13.1 Å². The molecule has 0 aliphatic carbocycles. The Balaban J connectivity index is 2.15. The van der Waals surface area contributed by atoms with E-state index in [9.17, 15) is 5.11 Å². The molecule has 0 aliphatic heterocycles. The number of hydrogen-bond acceptors (Lipinski definition) is 3. The molecule has 0 fully saturated rings. The van der Waals surface area contributed by atoms with E-state index in [1.807, 2.05) is 24.5 Å². The van der Waals surface area contributed by atoms with Gasteiger partial charge in [0.05, 0.1) is 11.9 Å². The number of nitrogens with one attached hydrogen (secondary N) is 1. The normalized spacial score (nSPS) is 13.1. The average Bonchev–Trinajstić information content (AvgIpc) is 2.71. The zero-order chi connectivity index (χ0) is 14.1. The van der Waals surface area contributed by atoms with Crippen LogP contribution in [0.15, 0.2) is 34.9 Å². The van der Waals surface area contributed by atoms with Gasteiger partial charge in [-0.15, -0.1) is 0 Å². The van der Waals surface area contributed by atoms with Crippen molar-refractivity contribution in [3.05, 3.63) is 36.1 Å². The molecule has 0 atom stereocenters. The largest absolute Gasteiger partial charge is 0.464 e. The molecule has 0 unspecified atom stereocenters. The predicted molar refractivity (Wildman–Crippen MR) is 78.4 cm³/mol. The molecule has 1 aromatic heterocycles. The molecule has 0 saturated heterocycles. The molecule has 0 amide bonds. The number of benzene rings is 1. The lowest BCUT2D eigenvalue weighted by Crippen LogP contribution is -2.40. The quantitative estimate of drug-likeness (QED) is 0.869. The van der Waals surface area contributed by atoms with E-state index in [1.54, 1.807) is 13.8 Å². The summed E-state index contributed by atoms with van der Waals surface area (Å²) in [5.41, 5.74) is 1.39. The van der Waals surface area contributed by atoms with Crippen molar-refractivity contribution in [2.24, 2.45) is 0 Å². The molecule has 0 saturated carbocycles. The fraction of sp³-hybridized carbons (Fsp3) is 0.500. The van der Waals surface area contributed by atoms with Gasteiger partial charge in [0.15, 0.2) is 0 Å². The van der Waals surface area contributed by atoms with Gasteiger partial charge in [-0.2, -0.15) is 0 Å². The SMILES string of the molecule is CC(C)(O)CNCC(C)(C)c1coc2ccccc12. The molecule has 2 rings (SSSR count). The van der Waals surface area contributed by atoms with E-state index < -0.39 is 5.60 Å². The highest BCUT2D eigenvalue weighted by atomic mass is 16.3. The van der Waals surface area contributed by atoms with Crippen LogP contribution in [-0.4, -0.2) is 23.8 Å². The monoisotopic (exact) mass is 261 g/mol. The third-order valence-corrected chi connectivity index (χ3v) is 3.33. The number of hydrogen-bond donors (Lipinski definition) is 2. The second kappa shape index (κ2) is 4.99. The molecular weight excluding hydrogens is 238 g/mol. The molecule has 2 N–H and O–H groups in total. The van der Waals surface area contributed by atoms with Crippen LogP contribution >= 0.6 is 0 Å². The highest BCUT2D eigenvalue weighted by Gasteiger charge is 2.25. The lowest BCUT2D eigenvalue weighted by atomic mass is 9.84. The van der Waals surface area contributed by atoms with Crippen molar-refractivity contribution >= 4 is 11.0 Å². The molecule has 3 heteroatoms. The summed E-state index contributed by atoms with van der Waals surface area (Å²) in [6.45, 7) is 9.34. The van der Waals surface area contributed by atoms with Gasteiger partial charge in [0.2, 0.25) is 0 Å². The molecular formula is C16H23NO2. The summed E-state index contributed by atoms with van der Waals surface area (Å²) in [7, 11) is 0. The molecule has 1 heterocycles. The van der Waals surface area contributed by atoms with Gasteiger partial charge in [0.25, 0.3) is 0 Å². The summed E-state index contributed by atoms with van der Waals surface area (Å²) >= 11 is 0. The van der Waals surface area contributed by atoms with Crippen LogP contribution in [0.5, 0.6) is 0 Å². The fourth-order valence-corrected chi connectivity index (χ4v) is 2.28. The molecule has 3 nitrogen and oxygen atoms in total. The summed E-state index contributed by atoms with van der Waals surface area (Å²) in [5.74, 6) is 0. The summed E-state index contributed by atoms with van der Waals surface area (Å²) in [5, 5.41) is 14.2. The number of para-hydroxylation sites is 1. The smallest absolute Gasteiger partial charge is 0.134 e. The Morgan fingerprint density at radius 3 is 2.47 bits per heavy atom. The van der Waals surface area contributed by atoms with Crippen LogP contribution in [-0.2, 0) is 5.41 Å². The van der Waals surface area contributed by atoms with Crippen LogP contribution in [0.25, 0.3) is 11.0 Å². The Morgan fingerprint density at radius 2 is 1.79 bits per heavy atom. The summed E-state index contributed by atoms with van der Waals surface area (Å²) < 4.78 is 5.61. The van der Waals surface area contributed by atoms with Crippen LogP contribution in [0.2, 0.25) is 0 Å². The van der Waals surface area contributed by atoms with Crippen LogP contribution < -0.4 is 5.32 Å². The van der Waals surface area contributed by atoms with Gasteiger partial charge in [-0.25, -0.2) is 0 Å². The van der Waals surface area contributed by atoms with Crippen LogP contribution in [0.3, 0.4) is 0 Å². The Bertz CT molecular complexity index is 549. The number of rotatable bonds is 5. The minimum Gasteiger partial charge on any atom is -0.464 e. The van der Waals surface area contributed by atoms with E-state index in [0.29, 0.717) is 6.54 Å². The third kappa shape index (κ3) is 3.37. The van der Waals surface area contributed by atoms with Gasteiger partial charge < -0.3 is 14.8 Å². The first-order valence-electron chi connectivity index (χ1n) is 6.69. The number of aliphatic hydroxyl groups is 1. The minimum absolute atomic E-state index is 0.0438. The lowest BCUT2D eigenvalue weighted by molar-refractivity contribution is 0.0786. The van der Waals surface area contributed by atoms with Gasteiger partial charge in [-0.05, 0) is 19.9 Å². The molecule has 0 spiro atoms. The third-order valence-electron chi connectivity index (χ3n) is 3.33. The highest BCUT2D eigenvalue weighted by Crippen LogP contribution is 2.31. The number of furan rings is 1. The molecule has 19 heavy (non-hydrogen) atoms. The Hall–Kier alpha value is -1.32. The zero-order valence-electron chi connectivity index (χ0n) is 12.2. The van der Waals surface area contributed by atoms with Crippen molar-refractivity contribution in [1.82, 2.24) is 5.32 Å². The van der Waals surface area contributed by atoms with Gasteiger partial charge in [-0.3, -0.25) is 0 Å². The van der Waals surface area contributed by atoms with Gasteiger partial charge in [0, 0.05) is 29.5 Å².